The Kier molecular flexibility index (Phi) is 4.31. The van der Waals surface area contributed by atoms with Gasteiger partial charge in [0.05, 0.1) is 22.2 Å². The van der Waals surface area contributed by atoms with Crippen LogP contribution in [-0.4, -0.2) is 22.7 Å². The molecule has 0 N–H and O–H groups in total. The lowest BCUT2D eigenvalue weighted by Gasteiger charge is -2.32. The average molecular weight is 471 g/mol. The third-order valence-corrected chi connectivity index (χ3v) is 8.17. The SMILES string of the molecule is CC1(C)OB(c2cc3c4ccccc4c(=O)n4c5ccc(-c6ccccc6)cc5c(c2)c34)OC1(C)C. The molecule has 0 amide bonds. The maximum atomic E-state index is 13.7. The van der Waals surface area contributed by atoms with E-state index in [1.54, 1.807) is 0 Å². The van der Waals surface area contributed by atoms with Crippen LogP contribution in [0.5, 0.6) is 0 Å². The van der Waals surface area contributed by atoms with E-state index in [2.05, 4.69) is 70.2 Å². The summed E-state index contributed by atoms with van der Waals surface area (Å²) < 4.78 is 14.8. The topological polar surface area (TPSA) is 39.9 Å². The molecular weight excluding hydrogens is 445 g/mol. The molecule has 3 heterocycles. The number of nitrogens with zero attached hydrogens (tertiary/aromatic N) is 1. The van der Waals surface area contributed by atoms with Crippen molar-refractivity contribution in [3.8, 4) is 11.1 Å². The molecule has 0 atom stereocenters. The molecule has 0 saturated carbocycles. The summed E-state index contributed by atoms with van der Waals surface area (Å²) >= 11 is 0. The van der Waals surface area contributed by atoms with E-state index in [1.165, 1.54) is 0 Å². The molecule has 2 aromatic heterocycles. The summed E-state index contributed by atoms with van der Waals surface area (Å²) in [4.78, 5) is 13.7. The first-order valence-corrected chi connectivity index (χ1v) is 12.4. The molecular formula is C31H26BNO3. The fourth-order valence-electron chi connectivity index (χ4n) is 5.54. The Bertz CT molecular complexity index is 1850. The zero-order valence-electron chi connectivity index (χ0n) is 20.8. The number of hydrogen-bond donors (Lipinski definition) is 0. The molecule has 0 aliphatic carbocycles. The molecule has 1 aliphatic rings. The van der Waals surface area contributed by atoms with Crippen molar-refractivity contribution >= 4 is 50.5 Å². The van der Waals surface area contributed by atoms with Crippen molar-refractivity contribution < 1.29 is 9.31 Å². The van der Waals surface area contributed by atoms with Crippen LogP contribution in [0.4, 0.5) is 0 Å². The quantitative estimate of drug-likeness (QED) is 0.224. The van der Waals surface area contributed by atoms with Crippen LogP contribution in [0.3, 0.4) is 0 Å². The Morgan fingerprint density at radius 2 is 1.25 bits per heavy atom. The van der Waals surface area contributed by atoms with E-state index in [0.717, 1.165) is 49.2 Å². The van der Waals surface area contributed by atoms with E-state index in [1.807, 2.05) is 46.9 Å². The van der Waals surface area contributed by atoms with Gasteiger partial charge in [-0.15, -0.1) is 0 Å². The lowest BCUT2D eigenvalue weighted by molar-refractivity contribution is 0.00578. The van der Waals surface area contributed by atoms with Crippen LogP contribution < -0.4 is 11.0 Å². The van der Waals surface area contributed by atoms with Crippen LogP contribution in [0.2, 0.25) is 0 Å². The van der Waals surface area contributed by atoms with Gasteiger partial charge >= 0.3 is 7.12 Å². The first kappa shape index (κ1) is 21.6. The van der Waals surface area contributed by atoms with Gasteiger partial charge in [0.1, 0.15) is 0 Å². The molecule has 6 aromatic rings. The molecule has 0 radical (unpaired) electrons. The first-order valence-electron chi connectivity index (χ1n) is 12.4. The van der Waals surface area contributed by atoms with Gasteiger partial charge in [-0.2, -0.15) is 0 Å². The van der Waals surface area contributed by atoms with E-state index in [0.29, 0.717) is 5.39 Å². The van der Waals surface area contributed by atoms with Crippen molar-refractivity contribution in [2.75, 3.05) is 0 Å². The number of rotatable bonds is 2. The summed E-state index contributed by atoms with van der Waals surface area (Å²) in [5.74, 6) is 0. The summed E-state index contributed by atoms with van der Waals surface area (Å²) in [7, 11) is -0.490. The van der Waals surface area contributed by atoms with Crippen LogP contribution in [-0.2, 0) is 9.31 Å². The first-order chi connectivity index (χ1) is 17.2. The van der Waals surface area contributed by atoms with Crippen molar-refractivity contribution in [2.24, 2.45) is 0 Å². The lowest BCUT2D eigenvalue weighted by Crippen LogP contribution is -2.41. The van der Waals surface area contributed by atoms with Gasteiger partial charge in [-0.3, -0.25) is 9.20 Å². The molecule has 0 bridgehead atoms. The van der Waals surface area contributed by atoms with E-state index in [4.69, 9.17) is 9.31 Å². The minimum Gasteiger partial charge on any atom is -0.399 e. The molecule has 0 unspecified atom stereocenters. The van der Waals surface area contributed by atoms with Gasteiger partial charge in [0.25, 0.3) is 5.56 Å². The summed E-state index contributed by atoms with van der Waals surface area (Å²) in [6.07, 6.45) is 0. The molecule has 1 fully saturated rings. The fraction of sp³-hybridized carbons (Fsp3) is 0.194. The molecule has 1 saturated heterocycles. The van der Waals surface area contributed by atoms with E-state index >= 15 is 0 Å². The van der Waals surface area contributed by atoms with Crippen LogP contribution in [0.25, 0.3) is 49.1 Å². The van der Waals surface area contributed by atoms with Crippen LogP contribution >= 0.6 is 0 Å². The minimum absolute atomic E-state index is 0.00828. The van der Waals surface area contributed by atoms with Gasteiger partial charge in [0.15, 0.2) is 0 Å². The van der Waals surface area contributed by atoms with Crippen molar-refractivity contribution in [3.63, 3.8) is 0 Å². The summed E-state index contributed by atoms with van der Waals surface area (Å²) in [6.45, 7) is 8.28. The number of benzene rings is 4. The second kappa shape index (κ2) is 7.19. The molecule has 1 aliphatic heterocycles. The van der Waals surface area contributed by atoms with Gasteiger partial charge in [-0.1, -0.05) is 66.7 Å². The molecule has 7 rings (SSSR count). The minimum atomic E-state index is -0.490. The van der Waals surface area contributed by atoms with Gasteiger partial charge in [-0.05, 0) is 67.9 Å². The zero-order valence-corrected chi connectivity index (χ0v) is 20.8. The Morgan fingerprint density at radius 1 is 0.639 bits per heavy atom. The van der Waals surface area contributed by atoms with Gasteiger partial charge < -0.3 is 9.31 Å². The van der Waals surface area contributed by atoms with Crippen molar-refractivity contribution in [1.82, 2.24) is 4.40 Å². The maximum Gasteiger partial charge on any atom is 0.494 e. The standard InChI is InChI=1S/C31H26BNO3/c1-30(2)31(3,4)36-32(35-30)21-17-25-22-12-8-9-13-23(22)29(34)33-27-15-14-20(19-10-6-5-7-11-19)16-24(27)26(18-21)28(25)33/h5-18H,1-4H3. The highest BCUT2D eigenvalue weighted by atomic mass is 16.7. The zero-order chi connectivity index (χ0) is 24.8. The van der Waals surface area contributed by atoms with Crippen LogP contribution in [0.15, 0.2) is 89.7 Å². The maximum absolute atomic E-state index is 13.7. The smallest absolute Gasteiger partial charge is 0.399 e. The van der Waals surface area contributed by atoms with Gasteiger partial charge in [-0.25, -0.2) is 0 Å². The van der Waals surface area contributed by atoms with Crippen molar-refractivity contribution in [3.05, 3.63) is 95.3 Å². The lowest BCUT2D eigenvalue weighted by atomic mass is 9.77. The molecule has 4 nitrogen and oxygen atoms in total. The summed E-state index contributed by atoms with van der Waals surface area (Å²) in [5.41, 5.74) is 4.22. The largest absolute Gasteiger partial charge is 0.494 e. The Hall–Kier alpha value is -3.67. The van der Waals surface area contributed by atoms with Gasteiger partial charge in [0.2, 0.25) is 0 Å². The van der Waals surface area contributed by atoms with Crippen LogP contribution in [0.1, 0.15) is 27.7 Å². The van der Waals surface area contributed by atoms with E-state index in [-0.39, 0.29) is 5.56 Å². The summed E-state index contributed by atoms with van der Waals surface area (Å²) in [6, 6.07) is 28.9. The van der Waals surface area contributed by atoms with Crippen LogP contribution in [0, 0.1) is 0 Å². The highest BCUT2D eigenvalue weighted by Crippen LogP contribution is 2.39. The normalized spacial score (nSPS) is 17.2. The monoisotopic (exact) mass is 471 g/mol. The molecule has 36 heavy (non-hydrogen) atoms. The number of hydrogen-bond acceptors (Lipinski definition) is 3. The number of aromatic nitrogens is 1. The third-order valence-electron chi connectivity index (χ3n) is 8.17. The molecule has 176 valence electrons. The third kappa shape index (κ3) is 2.87. The molecule has 5 heteroatoms. The van der Waals surface area contributed by atoms with Crippen molar-refractivity contribution in [2.45, 2.75) is 38.9 Å². The number of fused-ring (bicyclic) bond motifs is 5. The predicted molar refractivity (Wildman–Crippen MR) is 149 cm³/mol. The molecule has 0 spiro atoms. The Balaban J connectivity index is 1.61. The number of pyridine rings is 1. The highest BCUT2D eigenvalue weighted by molar-refractivity contribution is 6.63. The van der Waals surface area contributed by atoms with E-state index < -0.39 is 18.3 Å². The Labute approximate surface area is 209 Å². The fourth-order valence-corrected chi connectivity index (χ4v) is 5.54. The predicted octanol–water partition coefficient (Wildman–Crippen LogP) is 6.16. The van der Waals surface area contributed by atoms with Crippen molar-refractivity contribution in [1.29, 1.82) is 0 Å². The second-order valence-electron chi connectivity index (χ2n) is 10.8. The van der Waals surface area contributed by atoms with Gasteiger partial charge in [0, 0.05) is 21.5 Å². The summed E-state index contributed by atoms with van der Waals surface area (Å²) in [5, 5.41) is 4.77. The van der Waals surface area contributed by atoms with E-state index in [9.17, 15) is 4.79 Å². The Morgan fingerprint density at radius 3 is 1.94 bits per heavy atom. The highest BCUT2D eigenvalue weighted by Gasteiger charge is 2.51. The second-order valence-corrected chi connectivity index (χ2v) is 10.8. The average Bonchev–Trinajstić information content (AvgIpc) is 3.32. The molecule has 4 aromatic carbocycles.